The van der Waals surface area contributed by atoms with E-state index in [1.165, 1.54) is 42.2 Å². The molecule has 2 saturated heterocycles. The van der Waals surface area contributed by atoms with E-state index in [0.717, 1.165) is 25.3 Å². The van der Waals surface area contributed by atoms with E-state index in [2.05, 4.69) is 40.1 Å². The minimum atomic E-state index is -0.0696. The molecule has 2 atom stereocenters. The summed E-state index contributed by atoms with van der Waals surface area (Å²) in [6, 6.07) is 17.1. The molecule has 2 aromatic heterocycles. The molecule has 0 aliphatic carbocycles. The second kappa shape index (κ2) is 8.50. The Morgan fingerprint density at radius 3 is 2.37 bits per heavy atom. The SMILES string of the molecule is O=c1cc(CN2CCCC2C2CCCN2Cc2ccccc2)nc2ccc(Cl)cn12. The molecular weight excluding hydrogens is 396 g/mol. The fraction of sp³-hybridized carbons (Fsp3) is 0.417. The molecule has 0 bridgehead atoms. The lowest BCUT2D eigenvalue weighted by atomic mass is 10.0. The summed E-state index contributed by atoms with van der Waals surface area (Å²) in [6.07, 6.45) is 6.58. The molecule has 0 saturated carbocycles. The number of pyridine rings is 1. The zero-order valence-electron chi connectivity index (χ0n) is 17.1. The first-order chi connectivity index (χ1) is 14.7. The van der Waals surface area contributed by atoms with Crippen LogP contribution in [-0.4, -0.2) is 44.4 Å². The molecule has 5 rings (SSSR count). The number of nitrogens with zero attached hydrogens (tertiary/aromatic N) is 4. The van der Waals surface area contributed by atoms with Crippen molar-refractivity contribution in [3.8, 4) is 0 Å². The Morgan fingerprint density at radius 1 is 0.933 bits per heavy atom. The minimum Gasteiger partial charge on any atom is -0.295 e. The lowest BCUT2D eigenvalue weighted by Gasteiger charge is -2.35. The number of aromatic nitrogens is 2. The highest BCUT2D eigenvalue weighted by molar-refractivity contribution is 6.30. The molecule has 0 N–H and O–H groups in total. The van der Waals surface area contributed by atoms with Gasteiger partial charge in [0.15, 0.2) is 0 Å². The number of hydrogen-bond acceptors (Lipinski definition) is 4. The minimum absolute atomic E-state index is 0.0696. The molecule has 0 spiro atoms. The lowest BCUT2D eigenvalue weighted by Crippen LogP contribution is -2.45. The molecule has 5 nitrogen and oxygen atoms in total. The molecule has 30 heavy (non-hydrogen) atoms. The predicted octanol–water partition coefficient (Wildman–Crippen LogP) is 3.98. The second-order valence-corrected chi connectivity index (χ2v) is 8.94. The monoisotopic (exact) mass is 422 g/mol. The standard InChI is InChI=1S/C24H27ClN4O/c25-19-10-11-23-26-20(14-24(30)29(23)16-19)17-28-13-5-9-22(28)21-8-4-12-27(21)15-18-6-2-1-3-7-18/h1-3,6-7,10-11,14,16,21-22H,4-5,8-9,12-13,15,17H2. The van der Waals surface area contributed by atoms with Crippen LogP contribution < -0.4 is 5.56 Å². The van der Waals surface area contributed by atoms with Crippen molar-refractivity contribution < 1.29 is 0 Å². The molecule has 0 radical (unpaired) electrons. The number of likely N-dealkylation sites (tertiary alicyclic amines) is 2. The maximum absolute atomic E-state index is 12.6. The molecule has 4 heterocycles. The quantitative estimate of drug-likeness (QED) is 0.623. The summed E-state index contributed by atoms with van der Waals surface area (Å²) in [5.74, 6) is 0. The highest BCUT2D eigenvalue weighted by Gasteiger charge is 2.37. The number of benzene rings is 1. The maximum atomic E-state index is 12.6. The summed E-state index contributed by atoms with van der Waals surface area (Å²) in [6.45, 7) is 3.99. The molecule has 6 heteroatoms. The van der Waals surface area contributed by atoms with E-state index >= 15 is 0 Å². The van der Waals surface area contributed by atoms with Gasteiger partial charge in [-0.1, -0.05) is 41.9 Å². The summed E-state index contributed by atoms with van der Waals surface area (Å²) < 4.78 is 1.52. The van der Waals surface area contributed by atoms with Gasteiger partial charge in [-0.2, -0.15) is 0 Å². The van der Waals surface area contributed by atoms with Gasteiger partial charge in [-0.15, -0.1) is 0 Å². The molecule has 1 aromatic carbocycles. The number of halogens is 1. The van der Waals surface area contributed by atoms with Crippen LogP contribution in [0.2, 0.25) is 5.02 Å². The Kier molecular flexibility index (Phi) is 5.59. The summed E-state index contributed by atoms with van der Waals surface area (Å²) in [4.78, 5) is 22.5. The average Bonchev–Trinajstić information content (AvgIpc) is 3.38. The van der Waals surface area contributed by atoms with E-state index in [4.69, 9.17) is 16.6 Å². The van der Waals surface area contributed by atoms with Crippen LogP contribution >= 0.6 is 11.6 Å². The maximum Gasteiger partial charge on any atom is 0.258 e. The van der Waals surface area contributed by atoms with Gasteiger partial charge < -0.3 is 0 Å². The molecule has 0 amide bonds. The average molecular weight is 423 g/mol. The third-order valence-electron chi connectivity index (χ3n) is 6.54. The van der Waals surface area contributed by atoms with Crippen LogP contribution in [0.15, 0.2) is 59.5 Å². The molecule has 3 aromatic rings. The van der Waals surface area contributed by atoms with Gasteiger partial charge in [0.1, 0.15) is 5.65 Å². The zero-order chi connectivity index (χ0) is 20.5. The van der Waals surface area contributed by atoms with E-state index in [0.29, 0.717) is 22.8 Å². The third kappa shape index (κ3) is 4.02. The Hall–Kier alpha value is -2.21. The van der Waals surface area contributed by atoms with Crippen molar-refractivity contribution in [3.63, 3.8) is 0 Å². The lowest BCUT2D eigenvalue weighted by molar-refractivity contribution is 0.123. The first kappa shape index (κ1) is 19.7. The van der Waals surface area contributed by atoms with E-state index in [1.54, 1.807) is 18.3 Å². The summed E-state index contributed by atoms with van der Waals surface area (Å²) in [5, 5.41) is 0.540. The van der Waals surface area contributed by atoms with Crippen LogP contribution in [0.5, 0.6) is 0 Å². The van der Waals surface area contributed by atoms with Crippen molar-refractivity contribution in [3.05, 3.63) is 81.4 Å². The van der Waals surface area contributed by atoms with Crippen molar-refractivity contribution in [2.75, 3.05) is 13.1 Å². The van der Waals surface area contributed by atoms with Gasteiger partial charge in [0.2, 0.25) is 0 Å². The molecule has 2 aliphatic heterocycles. The Bertz CT molecular complexity index is 1080. The Balaban J connectivity index is 1.34. The fourth-order valence-electron chi connectivity index (χ4n) is 5.20. The normalized spacial score (nSPS) is 22.8. The number of rotatable bonds is 5. The molecule has 2 unspecified atom stereocenters. The second-order valence-electron chi connectivity index (χ2n) is 8.51. The largest absolute Gasteiger partial charge is 0.295 e. The van der Waals surface area contributed by atoms with Gasteiger partial charge in [0.05, 0.1) is 10.7 Å². The zero-order valence-corrected chi connectivity index (χ0v) is 17.8. The first-order valence-corrected chi connectivity index (χ1v) is 11.2. The first-order valence-electron chi connectivity index (χ1n) is 10.9. The van der Waals surface area contributed by atoms with E-state index in [1.807, 2.05) is 6.07 Å². The molecule has 2 fully saturated rings. The summed E-state index contributed by atoms with van der Waals surface area (Å²) in [7, 11) is 0. The van der Waals surface area contributed by atoms with E-state index in [-0.39, 0.29) is 5.56 Å². The topological polar surface area (TPSA) is 40.9 Å². The third-order valence-corrected chi connectivity index (χ3v) is 6.77. The number of hydrogen-bond donors (Lipinski definition) is 0. The van der Waals surface area contributed by atoms with Crippen molar-refractivity contribution in [1.29, 1.82) is 0 Å². The van der Waals surface area contributed by atoms with Crippen molar-refractivity contribution in [1.82, 2.24) is 19.2 Å². The van der Waals surface area contributed by atoms with E-state index < -0.39 is 0 Å². The van der Waals surface area contributed by atoms with Gasteiger partial charge in [0.25, 0.3) is 5.56 Å². The van der Waals surface area contributed by atoms with Crippen molar-refractivity contribution in [2.24, 2.45) is 0 Å². The molecule has 2 aliphatic rings. The summed E-state index contributed by atoms with van der Waals surface area (Å²) in [5.41, 5.74) is 2.82. The van der Waals surface area contributed by atoms with Gasteiger partial charge in [-0.25, -0.2) is 4.98 Å². The van der Waals surface area contributed by atoms with Crippen LogP contribution in [0.3, 0.4) is 0 Å². The Morgan fingerprint density at radius 2 is 1.63 bits per heavy atom. The van der Waals surface area contributed by atoms with Gasteiger partial charge in [-0.3, -0.25) is 19.0 Å². The van der Waals surface area contributed by atoms with Crippen LogP contribution in [0.25, 0.3) is 5.65 Å². The van der Waals surface area contributed by atoms with Crippen LogP contribution in [0.4, 0.5) is 0 Å². The molecule has 156 valence electrons. The van der Waals surface area contributed by atoms with Gasteiger partial charge in [0, 0.05) is 37.4 Å². The fourth-order valence-corrected chi connectivity index (χ4v) is 5.36. The number of fused-ring (bicyclic) bond motifs is 1. The van der Waals surface area contributed by atoms with Gasteiger partial charge >= 0.3 is 0 Å². The van der Waals surface area contributed by atoms with Crippen molar-refractivity contribution >= 4 is 17.2 Å². The molecular formula is C24H27ClN4O. The smallest absolute Gasteiger partial charge is 0.258 e. The van der Waals surface area contributed by atoms with E-state index in [9.17, 15) is 4.79 Å². The Labute approximate surface area is 181 Å². The highest BCUT2D eigenvalue weighted by Crippen LogP contribution is 2.31. The van der Waals surface area contributed by atoms with Crippen LogP contribution in [0.1, 0.15) is 36.9 Å². The predicted molar refractivity (Wildman–Crippen MR) is 120 cm³/mol. The van der Waals surface area contributed by atoms with Crippen molar-refractivity contribution in [2.45, 2.75) is 50.9 Å². The van der Waals surface area contributed by atoms with Gasteiger partial charge in [-0.05, 0) is 56.5 Å². The van der Waals surface area contributed by atoms with Crippen LogP contribution in [-0.2, 0) is 13.1 Å². The highest BCUT2D eigenvalue weighted by atomic mass is 35.5. The summed E-state index contributed by atoms with van der Waals surface area (Å²) >= 11 is 6.03. The van der Waals surface area contributed by atoms with Crippen LogP contribution in [0, 0.1) is 0 Å².